The zero-order chi connectivity index (χ0) is 66.3. The molecule has 0 aromatic carbocycles. The van der Waals surface area contributed by atoms with Gasteiger partial charge in [0.25, 0.3) is 0 Å². The second-order valence-corrected chi connectivity index (χ2v) is 29.5. The van der Waals surface area contributed by atoms with Crippen LogP contribution in [0.5, 0.6) is 0 Å². The number of aliphatic hydroxyl groups is 2. The smallest absolute Gasteiger partial charge is 0.305 e. The molecule has 0 aliphatic rings. The maximum absolute atomic E-state index is 12.6. The number of unbranched alkanes of at least 4 members (excludes halogenated alkanes) is 68. The van der Waals surface area contributed by atoms with Gasteiger partial charge in [-0.1, -0.05) is 443 Å². The summed E-state index contributed by atoms with van der Waals surface area (Å²) in [5.74, 6) is -0.0407. The Bertz CT molecular complexity index is 1450. The predicted molar refractivity (Wildman–Crippen MR) is 407 cm³/mol. The van der Waals surface area contributed by atoms with E-state index in [-0.39, 0.29) is 18.5 Å². The topological polar surface area (TPSA) is 95.9 Å². The lowest BCUT2D eigenvalue weighted by atomic mass is 10.0. The van der Waals surface area contributed by atoms with E-state index in [1.807, 2.05) is 6.08 Å². The van der Waals surface area contributed by atoms with Crippen molar-refractivity contribution >= 4 is 11.9 Å². The zero-order valence-corrected chi connectivity index (χ0v) is 62.8. The number of esters is 1. The molecule has 2 unspecified atom stereocenters. The van der Waals surface area contributed by atoms with E-state index in [4.69, 9.17) is 4.74 Å². The molecular weight excluding hydrogens is 1130 g/mol. The lowest BCUT2D eigenvalue weighted by Crippen LogP contribution is -2.45. The highest BCUT2D eigenvalue weighted by molar-refractivity contribution is 5.76. The number of hydrogen-bond acceptors (Lipinski definition) is 5. The minimum absolute atomic E-state index is 0.0155. The number of carbonyl (C=O) groups is 2. The molecule has 0 bridgehead atoms. The molecule has 0 spiro atoms. The quantitative estimate of drug-likeness (QED) is 0.0320. The molecule has 0 fully saturated rings. The summed E-state index contributed by atoms with van der Waals surface area (Å²) in [6, 6.07) is -0.624. The highest BCUT2D eigenvalue weighted by atomic mass is 16.5. The summed E-state index contributed by atoms with van der Waals surface area (Å²) in [6.45, 7) is 4.94. The molecule has 546 valence electrons. The first-order chi connectivity index (χ1) is 45.5. The molecule has 0 rings (SSSR count). The van der Waals surface area contributed by atoms with Crippen LogP contribution in [0.25, 0.3) is 0 Å². The fourth-order valence-electron chi connectivity index (χ4n) is 13.8. The molecule has 0 aliphatic heterocycles. The van der Waals surface area contributed by atoms with Crippen LogP contribution in [0.1, 0.15) is 489 Å². The summed E-state index contributed by atoms with van der Waals surface area (Å²) in [5, 5.41) is 23.3. The second kappa shape index (κ2) is 81.8. The van der Waals surface area contributed by atoms with Crippen molar-refractivity contribution in [3.63, 3.8) is 0 Å². The first-order valence-electron chi connectivity index (χ1n) is 42.6. The van der Waals surface area contributed by atoms with Gasteiger partial charge in [-0.3, -0.25) is 9.59 Å². The van der Waals surface area contributed by atoms with Crippen molar-refractivity contribution in [1.29, 1.82) is 0 Å². The third kappa shape index (κ3) is 77.3. The van der Waals surface area contributed by atoms with Gasteiger partial charge >= 0.3 is 5.97 Å². The summed E-state index contributed by atoms with van der Waals surface area (Å²) in [6.07, 6.45) is 106. The van der Waals surface area contributed by atoms with Crippen molar-refractivity contribution in [2.75, 3.05) is 13.2 Å². The number of carbonyl (C=O) groups excluding carboxylic acids is 2. The van der Waals surface area contributed by atoms with E-state index in [0.717, 1.165) is 44.9 Å². The molecule has 0 saturated carbocycles. The van der Waals surface area contributed by atoms with Crippen LogP contribution in [-0.2, 0) is 14.3 Å². The van der Waals surface area contributed by atoms with Crippen molar-refractivity contribution in [2.24, 2.45) is 0 Å². The molecule has 0 aromatic heterocycles. The average Bonchev–Trinajstić information content (AvgIpc) is 3.48. The Morgan fingerprint density at radius 2 is 0.511 bits per heavy atom. The van der Waals surface area contributed by atoms with Crippen LogP contribution in [0, 0.1) is 0 Å². The molecule has 0 radical (unpaired) electrons. The van der Waals surface area contributed by atoms with Gasteiger partial charge in [-0.05, 0) is 57.8 Å². The molecule has 1 amide bonds. The highest BCUT2D eigenvalue weighted by Crippen LogP contribution is 2.21. The summed E-state index contributed by atoms with van der Waals surface area (Å²) in [4.78, 5) is 24.6. The van der Waals surface area contributed by atoms with Gasteiger partial charge < -0.3 is 20.3 Å². The summed E-state index contributed by atoms with van der Waals surface area (Å²) in [7, 11) is 0. The van der Waals surface area contributed by atoms with E-state index in [9.17, 15) is 19.8 Å². The second-order valence-electron chi connectivity index (χ2n) is 29.5. The van der Waals surface area contributed by atoms with Gasteiger partial charge in [0.2, 0.25) is 5.91 Å². The number of aliphatic hydroxyl groups excluding tert-OH is 2. The van der Waals surface area contributed by atoms with E-state index in [1.54, 1.807) is 6.08 Å². The standard InChI is InChI=1S/C86H167NO5/c1-3-5-7-9-11-13-15-17-18-19-20-21-39-42-45-48-51-55-58-62-66-70-74-78-84(89)83(82-88)87-85(90)79-75-71-67-63-59-56-52-49-46-43-40-37-35-33-31-29-27-25-23-22-24-26-28-30-32-34-36-38-41-44-47-50-53-57-61-65-69-73-77-81-92-86(91)80-76-72-68-64-60-54-16-14-12-10-8-6-4-2/h14,16,74,78,83-84,88-89H,3-13,15,17-73,75-77,79-82H2,1-2H3,(H,87,90)/b16-14-,78-74+. The molecule has 0 aliphatic carbocycles. The highest BCUT2D eigenvalue weighted by Gasteiger charge is 2.18. The van der Waals surface area contributed by atoms with Gasteiger partial charge in [0.1, 0.15) is 0 Å². The lowest BCUT2D eigenvalue weighted by molar-refractivity contribution is -0.143. The molecule has 0 heterocycles. The van der Waals surface area contributed by atoms with E-state index < -0.39 is 12.1 Å². The minimum atomic E-state index is -0.841. The number of amides is 1. The molecule has 6 heteroatoms. The Balaban J connectivity index is 3.32. The van der Waals surface area contributed by atoms with Gasteiger partial charge in [-0.2, -0.15) is 0 Å². The Morgan fingerprint density at radius 3 is 0.783 bits per heavy atom. The number of ether oxygens (including phenoxy) is 1. The number of hydrogen-bond donors (Lipinski definition) is 3. The molecule has 6 nitrogen and oxygen atoms in total. The Labute approximate surface area is 577 Å². The van der Waals surface area contributed by atoms with Crippen molar-refractivity contribution in [2.45, 2.75) is 501 Å². The van der Waals surface area contributed by atoms with E-state index in [0.29, 0.717) is 19.4 Å². The molecule has 3 N–H and O–H groups in total. The van der Waals surface area contributed by atoms with Crippen molar-refractivity contribution in [1.82, 2.24) is 5.32 Å². The largest absolute Gasteiger partial charge is 0.466 e. The maximum Gasteiger partial charge on any atom is 0.305 e. The monoisotopic (exact) mass is 1290 g/mol. The van der Waals surface area contributed by atoms with E-state index >= 15 is 0 Å². The normalized spacial score (nSPS) is 12.5. The van der Waals surface area contributed by atoms with Crippen LogP contribution in [0.4, 0.5) is 0 Å². The third-order valence-electron chi connectivity index (χ3n) is 20.2. The first-order valence-corrected chi connectivity index (χ1v) is 42.6. The Morgan fingerprint density at radius 1 is 0.293 bits per heavy atom. The summed E-state index contributed by atoms with van der Waals surface area (Å²) >= 11 is 0. The average molecular weight is 1300 g/mol. The van der Waals surface area contributed by atoms with Gasteiger partial charge in [0, 0.05) is 12.8 Å². The van der Waals surface area contributed by atoms with Crippen LogP contribution < -0.4 is 5.32 Å². The number of allylic oxidation sites excluding steroid dienone is 3. The Kier molecular flexibility index (Phi) is 80.3. The van der Waals surface area contributed by atoms with Gasteiger partial charge in [-0.15, -0.1) is 0 Å². The van der Waals surface area contributed by atoms with Crippen LogP contribution in [-0.4, -0.2) is 47.4 Å². The van der Waals surface area contributed by atoms with Crippen LogP contribution in [0.15, 0.2) is 24.3 Å². The first kappa shape index (κ1) is 90.3. The third-order valence-corrected chi connectivity index (χ3v) is 20.2. The molecule has 0 aromatic rings. The van der Waals surface area contributed by atoms with E-state index in [2.05, 4.69) is 31.3 Å². The summed E-state index contributed by atoms with van der Waals surface area (Å²) in [5.41, 5.74) is 0. The molecule has 2 atom stereocenters. The molecule has 0 saturated heterocycles. The number of rotatable bonds is 81. The van der Waals surface area contributed by atoms with Crippen molar-refractivity contribution in [3.8, 4) is 0 Å². The van der Waals surface area contributed by atoms with Crippen LogP contribution in [0.3, 0.4) is 0 Å². The fraction of sp³-hybridized carbons (Fsp3) is 0.930. The minimum Gasteiger partial charge on any atom is -0.466 e. The van der Waals surface area contributed by atoms with Crippen LogP contribution >= 0.6 is 0 Å². The SMILES string of the molecule is CCCCCC/C=C\CCCCCCCC(=O)OCCCCCCCCCCCCCCCCCCCCCCCCCCCCCCCCCCCCCCCCCC(=O)NC(CO)C(O)/C=C/CCCCCCCCCCCCCCCCCCCCCCC. The van der Waals surface area contributed by atoms with Crippen molar-refractivity contribution < 1.29 is 24.5 Å². The Hall–Kier alpha value is -1.66. The van der Waals surface area contributed by atoms with Crippen molar-refractivity contribution in [3.05, 3.63) is 24.3 Å². The van der Waals surface area contributed by atoms with Gasteiger partial charge in [0.05, 0.1) is 25.4 Å². The molecular formula is C86H167NO5. The zero-order valence-electron chi connectivity index (χ0n) is 62.8. The van der Waals surface area contributed by atoms with Gasteiger partial charge in [0.15, 0.2) is 0 Å². The predicted octanol–water partition coefficient (Wildman–Crippen LogP) is 28.4. The summed E-state index contributed by atoms with van der Waals surface area (Å²) < 4.78 is 5.49. The van der Waals surface area contributed by atoms with Crippen LogP contribution in [0.2, 0.25) is 0 Å². The molecule has 92 heavy (non-hydrogen) atoms. The number of nitrogens with one attached hydrogen (secondary N) is 1. The fourth-order valence-corrected chi connectivity index (χ4v) is 13.8. The maximum atomic E-state index is 12.6. The van der Waals surface area contributed by atoms with Gasteiger partial charge in [-0.25, -0.2) is 0 Å². The lowest BCUT2D eigenvalue weighted by Gasteiger charge is -2.20. The van der Waals surface area contributed by atoms with E-state index in [1.165, 1.54) is 417 Å².